The molecule has 0 saturated heterocycles. The van der Waals surface area contributed by atoms with Crippen LogP contribution in [0.2, 0.25) is 5.02 Å². The van der Waals surface area contributed by atoms with E-state index in [2.05, 4.69) is 15.5 Å². The van der Waals surface area contributed by atoms with E-state index in [9.17, 15) is 4.79 Å². The summed E-state index contributed by atoms with van der Waals surface area (Å²) in [6.07, 6.45) is 0. The van der Waals surface area contributed by atoms with Crippen LogP contribution in [0.3, 0.4) is 0 Å². The van der Waals surface area contributed by atoms with Crippen LogP contribution in [0, 0.1) is 13.8 Å². The molecule has 0 aliphatic heterocycles. The lowest BCUT2D eigenvalue weighted by atomic mass is 10.1. The molecule has 6 heteroatoms. The number of anilines is 1. The minimum Gasteiger partial charge on any atom is -0.403 e. The van der Waals surface area contributed by atoms with Crippen LogP contribution in [0.25, 0.3) is 11.5 Å². The maximum Gasteiger partial charge on any atom is 0.322 e. The SMILES string of the molecule is Cc1ccc(C)c(C(=O)Nc2nnc(-c3ccc(Cl)cc3)o2)c1. The Kier molecular flexibility index (Phi) is 4.12. The van der Waals surface area contributed by atoms with Crippen LogP contribution >= 0.6 is 11.6 Å². The van der Waals surface area contributed by atoms with Gasteiger partial charge in [-0.1, -0.05) is 34.4 Å². The Morgan fingerprint density at radius 3 is 2.57 bits per heavy atom. The zero-order valence-corrected chi connectivity index (χ0v) is 13.4. The molecule has 116 valence electrons. The molecule has 0 aliphatic rings. The van der Waals surface area contributed by atoms with Gasteiger partial charge in [-0.3, -0.25) is 10.1 Å². The van der Waals surface area contributed by atoms with E-state index >= 15 is 0 Å². The molecule has 0 unspecified atom stereocenters. The molecule has 5 nitrogen and oxygen atoms in total. The van der Waals surface area contributed by atoms with Gasteiger partial charge in [-0.05, 0) is 49.7 Å². The quantitative estimate of drug-likeness (QED) is 0.780. The monoisotopic (exact) mass is 327 g/mol. The standard InChI is InChI=1S/C17H14ClN3O2/c1-10-3-4-11(2)14(9-10)15(22)19-17-21-20-16(23-17)12-5-7-13(18)8-6-12/h3-9H,1-2H3,(H,19,21,22). The largest absolute Gasteiger partial charge is 0.403 e. The number of hydrogen-bond acceptors (Lipinski definition) is 4. The number of nitrogens with zero attached hydrogens (tertiary/aromatic N) is 2. The first-order valence-electron chi connectivity index (χ1n) is 7.01. The fourth-order valence-electron chi connectivity index (χ4n) is 2.13. The van der Waals surface area contributed by atoms with Crippen LogP contribution in [0.15, 0.2) is 46.9 Å². The van der Waals surface area contributed by atoms with Gasteiger partial charge < -0.3 is 4.42 Å². The van der Waals surface area contributed by atoms with Crippen molar-refractivity contribution in [1.29, 1.82) is 0 Å². The van der Waals surface area contributed by atoms with Crippen LogP contribution in [-0.4, -0.2) is 16.1 Å². The highest BCUT2D eigenvalue weighted by atomic mass is 35.5. The summed E-state index contributed by atoms with van der Waals surface area (Å²) in [5.41, 5.74) is 3.20. The second kappa shape index (κ2) is 6.22. The minimum atomic E-state index is -0.280. The Balaban J connectivity index is 1.80. The van der Waals surface area contributed by atoms with Gasteiger partial charge in [-0.15, -0.1) is 5.10 Å². The molecule has 1 aromatic heterocycles. The molecule has 3 rings (SSSR count). The number of aromatic nitrogens is 2. The number of aryl methyl sites for hydroxylation is 2. The van der Waals surface area contributed by atoms with E-state index in [1.165, 1.54) is 0 Å². The van der Waals surface area contributed by atoms with Crippen molar-refractivity contribution in [2.75, 3.05) is 5.32 Å². The molecule has 0 fully saturated rings. The molecule has 1 N–H and O–H groups in total. The van der Waals surface area contributed by atoms with Crippen molar-refractivity contribution in [2.45, 2.75) is 13.8 Å². The van der Waals surface area contributed by atoms with Gasteiger partial charge in [0.2, 0.25) is 5.89 Å². The normalized spacial score (nSPS) is 10.6. The van der Waals surface area contributed by atoms with E-state index in [0.29, 0.717) is 16.5 Å². The molecule has 0 spiro atoms. The van der Waals surface area contributed by atoms with Crippen LogP contribution in [-0.2, 0) is 0 Å². The maximum atomic E-state index is 12.3. The minimum absolute atomic E-state index is 0.0563. The first-order chi connectivity index (χ1) is 11.0. The van der Waals surface area contributed by atoms with Gasteiger partial charge in [0, 0.05) is 16.1 Å². The van der Waals surface area contributed by atoms with Gasteiger partial charge in [0.05, 0.1) is 0 Å². The van der Waals surface area contributed by atoms with Crippen molar-refractivity contribution in [3.05, 3.63) is 64.2 Å². The molecule has 0 saturated carbocycles. The van der Waals surface area contributed by atoms with Crippen LogP contribution in [0.4, 0.5) is 6.01 Å². The highest BCUT2D eigenvalue weighted by Gasteiger charge is 2.14. The van der Waals surface area contributed by atoms with Crippen molar-refractivity contribution < 1.29 is 9.21 Å². The van der Waals surface area contributed by atoms with E-state index in [1.54, 1.807) is 24.3 Å². The van der Waals surface area contributed by atoms with E-state index in [1.807, 2.05) is 32.0 Å². The molecular weight excluding hydrogens is 314 g/mol. The molecule has 1 amide bonds. The van der Waals surface area contributed by atoms with Crippen molar-refractivity contribution in [3.63, 3.8) is 0 Å². The summed E-state index contributed by atoms with van der Waals surface area (Å²) >= 11 is 5.84. The third-order valence-corrected chi connectivity index (χ3v) is 3.63. The van der Waals surface area contributed by atoms with Gasteiger partial charge in [-0.2, -0.15) is 0 Å². The first kappa shape index (κ1) is 15.2. The first-order valence-corrected chi connectivity index (χ1v) is 7.39. The fraction of sp³-hybridized carbons (Fsp3) is 0.118. The van der Waals surface area contributed by atoms with Gasteiger partial charge in [-0.25, -0.2) is 0 Å². The summed E-state index contributed by atoms with van der Waals surface area (Å²) in [6, 6.07) is 12.7. The molecule has 3 aromatic rings. The Hall–Kier alpha value is -2.66. The summed E-state index contributed by atoms with van der Waals surface area (Å²) in [6.45, 7) is 3.81. The Morgan fingerprint density at radius 1 is 1.09 bits per heavy atom. The second-order valence-corrected chi connectivity index (χ2v) is 5.63. The maximum absolute atomic E-state index is 12.3. The third-order valence-electron chi connectivity index (χ3n) is 3.37. The lowest BCUT2D eigenvalue weighted by Crippen LogP contribution is -2.13. The summed E-state index contributed by atoms with van der Waals surface area (Å²) in [5.74, 6) is 0.0374. The lowest BCUT2D eigenvalue weighted by Gasteiger charge is -2.05. The summed E-state index contributed by atoms with van der Waals surface area (Å²) < 4.78 is 5.47. The lowest BCUT2D eigenvalue weighted by molar-refractivity contribution is 0.102. The zero-order valence-electron chi connectivity index (χ0n) is 12.6. The summed E-state index contributed by atoms with van der Waals surface area (Å²) in [4.78, 5) is 12.3. The Morgan fingerprint density at radius 2 is 1.83 bits per heavy atom. The smallest absolute Gasteiger partial charge is 0.322 e. The summed E-state index contributed by atoms with van der Waals surface area (Å²) in [5, 5.41) is 11.0. The van der Waals surface area contributed by atoms with E-state index in [0.717, 1.165) is 16.7 Å². The number of hydrogen-bond donors (Lipinski definition) is 1. The molecule has 1 heterocycles. The zero-order chi connectivity index (χ0) is 16.4. The molecular formula is C17H14ClN3O2. The van der Waals surface area contributed by atoms with Gasteiger partial charge in [0.1, 0.15) is 0 Å². The highest BCUT2D eigenvalue weighted by molar-refractivity contribution is 6.30. The molecule has 0 aliphatic carbocycles. The number of benzene rings is 2. The van der Waals surface area contributed by atoms with Crippen molar-refractivity contribution in [3.8, 4) is 11.5 Å². The Bertz CT molecular complexity index is 857. The number of carbonyl (C=O) groups is 1. The number of rotatable bonds is 3. The van der Waals surface area contributed by atoms with E-state index in [-0.39, 0.29) is 11.9 Å². The van der Waals surface area contributed by atoms with Crippen LogP contribution < -0.4 is 5.32 Å². The number of amides is 1. The van der Waals surface area contributed by atoms with Crippen LogP contribution in [0.1, 0.15) is 21.5 Å². The number of carbonyl (C=O) groups excluding carboxylic acids is 1. The molecule has 0 bridgehead atoms. The van der Waals surface area contributed by atoms with E-state index < -0.39 is 0 Å². The van der Waals surface area contributed by atoms with Crippen molar-refractivity contribution >= 4 is 23.5 Å². The Labute approximate surface area is 138 Å². The predicted octanol–water partition coefficient (Wildman–Crippen LogP) is 4.26. The van der Waals surface area contributed by atoms with Crippen LogP contribution in [0.5, 0.6) is 0 Å². The molecule has 0 atom stereocenters. The van der Waals surface area contributed by atoms with Crippen molar-refractivity contribution in [2.24, 2.45) is 0 Å². The fourth-order valence-corrected chi connectivity index (χ4v) is 2.25. The summed E-state index contributed by atoms with van der Waals surface area (Å²) in [7, 11) is 0. The topological polar surface area (TPSA) is 68.0 Å². The second-order valence-electron chi connectivity index (χ2n) is 5.19. The average molecular weight is 328 g/mol. The van der Waals surface area contributed by atoms with Crippen molar-refractivity contribution in [1.82, 2.24) is 10.2 Å². The molecule has 0 radical (unpaired) electrons. The average Bonchev–Trinajstić information content (AvgIpc) is 2.99. The third kappa shape index (κ3) is 3.40. The van der Waals surface area contributed by atoms with Gasteiger partial charge in [0.15, 0.2) is 0 Å². The van der Waals surface area contributed by atoms with Gasteiger partial charge in [0.25, 0.3) is 5.91 Å². The predicted molar refractivity (Wildman–Crippen MR) is 88.6 cm³/mol. The number of nitrogens with one attached hydrogen (secondary N) is 1. The van der Waals surface area contributed by atoms with Gasteiger partial charge >= 0.3 is 6.01 Å². The highest BCUT2D eigenvalue weighted by Crippen LogP contribution is 2.22. The molecule has 2 aromatic carbocycles. The van der Waals surface area contributed by atoms with E-state index in [4.69, 9.17) is 16.0 Å². The number of halogens is 1. The molecule has 23 heavy (non-hydrogen) atoms.